The molecule has 0 heterocycles. The lowest BCUT2D eigenvalue weighted by Crippen LogP contribution is -1.95. The third-order valence-corrected chi connectivity index (χ3v) is 1.79. The van der Waals surface area contributed by atoms with Gasteiger partial charge in [0.05, 0.1) is 5.71 Å². The van der Waals surface area contributed by atoms with E-state index in [1.54, 1.807) is 6.92 Å². The van der Waals surface area contributed by atoms with Crippen LogP contribution in [-0.4, -0.2) is 10.9 Å². The van der Waals surface area contributed by atoms with E-state index in [1.165, 1.54) is 11.1 Å². The van der Waals surface area contributed by atoms with Crippen molar-refractivity contribution in [3.05, 3.63) is 34.9 Å². The molecule has 0 aliphatic carbocycles. The average Bonchev–Trinajstić information content (AvgIpc) is 2.01. The summed E-state index contributed by atoms with van der Waals surface area (Å²) in [7, 11) is 0. The quantitative estimate of drug-likeness (QED) is 0.385. The highest BCUT2D eigenvalue weighted by Gasteiger charge is 1.98. The van der Waals surface area contributed by atoms with Gasteiger partial charge in [0.25, 0.3) is 0 Å². The average molecular weight is 163 g/mol. The van der Waals surface area contributed by atoms with E-state index >= 15 is 0 Å². The molecule has 0 unspecified atom stereocenters. The lowest BCUT2D eigenvalue weighted by Gasteiger charge is -2.02. The van der Waals surface area contributed by atoms with Crippen LogP contribution >= 0.6 is 0 Å². The molecule has 1 N–H and O–H groups in total. The molecule has 0 amide bonds. The lowest BCUT2D eigenvalue weighted by atomic mass is 10.0. The summed E-state index contributed by atoms with van der Waals surface area (Å²) in [5, 5.41) is 11.7. The molecule has 2 heteroatoms. The molecule has 0 saturated heterocycles. The van der Waals surface area contributed by atoms with Crippen molar-refractivity contribution in [2.45, 2.75) is 20.8 Å². The van der Waals surface area contributed by atoms with Gasteiger partial charge >= 0.3 is 0 Å². The minimum absolute atomic E-state index is 0.654. The van der Waals surface area contributed by atoms with Crippen molar-refractivity contribution in [1.29, 1.82) is 0 Å². The van der Waals surface area contributed by atoms with Crippen molar-refractivity contribution in [3.63, 3.8) is 0 Å². The molecule has 0 aliphatic rings. The fourth-order valence-electron chi connectivity index (χ4n) is 1.24. The molecular formula is C10H13NO. The fraction of sp³-hybridized carbons (Fsp3) is 0.300. The summed E-state index contributed by atoms with van der Waals surface area (Å²) in [4.78, 5) is 0. The van der Waals surface area contributed by atoms with Crippen molar-refractivity contribution in [2.24, 2.45) is 5.16 Å². The van der Waals surface area contributed by atoms with E-state index in [9.17, 15) is 0 Å². The van der Waals surface area contributed by atoms with Gasteiger partial charge in [-0.15, -0.1) is 0 Å². The highest BCUT2D eigenvalue weighted by molar-refractivity contribution is 5.98. The molecule has 0 atom stereocenters. The van der Waals surface area contributed by atoms with E-state index in [2.05, 4.69) is 11.2 Å². The van der Waals surface area contributed by atoms with Crippen LogP contribution in [0.3, 0.4) is 0 Å². The Labute approximate surface area is 72.5 Å². The molecule has 0 aromatic heterocycles. The van der Waals surface area contributed by atoms with Crippen molar-refractivity contribution in [2.75, 3.05) is 0 Å². The monoisotopic (exact) mass is 163 g/mol. The Balaban J connectivity index is 3.17. The standard InChI is InChI=1S/C10H13NO/c1-7-4-8(2)6-10(5-7)9(3)11-12/h4-6,12H,1-3H3. The zero-order valence-electron chi connectivity index (χ0n) is 7.63. The zero-order chi connectivity index (χ0) is 9.14. The smallest absolute Gasteiger partial charge is 0.0837 e. The van der Waals surface area contributed by atoms with Gasteiger partial charge in [-0.25, -0.2) is 0 Å². The number of hydrogen-bond acceptors (Lipinski definition) is 2. The van der Waals surface area contributed by atoms with Gasteiger partial charge in [0.1, 0.15) is 0 Å². The second kappa shape index (κ2) is 3.39. The molecule has 1 aromatic carbocycles. The molecule has 0 fully saturated rings. The number of rotatable bonds is 1. The summed E-state index contributed by atoms with van der Waals surface area (Å²) in [6, 6.07) is 6.10. The molecule has 0 radical (unpaired) electrons. The van der Waals surface area contributed by atoms with E-state index in [4.69, 9.17) is 5.21 Å². The number of nitrogens with zero attached hydrogens (tertiary/aromatic N) is 1. The third kappa shape index (κ3) is 1.84. The van der Waals surface area contributed by atoms with Crippen LogP contribution in [0.25, 0.3) is 0 Å². The largest absolute Gasteiger partial charge is 0.411 e. The van der Waals surface area contributed by atoms with Crippen molar-refractivity contribution >= 4 is 5.71 Å². The van der Waals surface area contributed by atoms with Crippen molar-refractivity contribution in [3.8, 4) is 0 Å². The van der Waals surface area contributed by atoms with Gasteiger partial charge in [-0.3, -0.25) is 0 Å². The Hall–Kier alpha value is -1.31. The Bertz CT molecular complexity index is 295. The number of oxime groups is 1. The van der Waals surface area contributed by atoms with E-state index in [-0.39, 0.29) is 0 Å². The minimum Gasteiger partial charge on any atom is -0.411 e. The summed E-state index contributed by atoms with van der Waals surface area (Å²) in [6.07, 6.45) is 0. The maximum atomic E-state index is 8.56. The van der Waals surface area contributed by atoms with E-state index in [1.807, 2.05) is 26.0 Å². The molecule has 1 rings (SSSR count). The predicted molar refractivity (Wildman–Crippen MR) is 49.9 cm³/mol. The Kier molecular flexibility index (Phi) is 2.48. The van der Waals surface area contributed by atoms with Gasteiger partial charge < -0.3 is 5.21 Å². The Morgan fingerprint density at radius 1 is 1.17 bits per heavy atom. The molecule has 1 aromatic rings. The molecular weight excluding hydrogens is 150 g/mol. The van der Waals surface area contributed by atoms with Crippen LogP contribution in [0.4, 0.5) is 0 Å². The minimum atomic E-state index is 0.654. The SMILES string of the molecule is CC(=NO)c1cc(C)cc(C)c1. The summed E-state index contributed by atoms with van der Waals surface area (Å²) < 4.78 is 0. The first-order valence-corrected chi connectivity index (χ1v) is 3.91. The third-order valence-electron chi connectivity index (χ3n) is 1.79. The topological polar surface area (TPSA) is 32.6 Å². The van der Waals surface area contributed by atoms with Gasteiger partial charge in [0.15, 0.2) is 0 Å². The van der Waals surface area contributed by atoms with E-state index in [0.29, 0.717) is 5.71 Å². The molecule has 0 aliphatic heterocycles. The first-order valence-electron chi connectivity index (χ1n) is 3.91. The Morgan fingerprint density at radius 3 is 2.08 bits per heavy atom. The van der Waals surface area contributed by atoms with Crippen LogP contribution in [0.5, 0.6) is 0 Å². The Morgan fingerprint density at radius 2 is 1.67 bits per heavy atom. The number of benzene rings is 1. The van der Waals surface area contributed by atoms with Gasteiger partial charge in [0.2, 0.25) is 0 Å². The van der Waals surface area contributed by atoms with Crippen LogP contribution in [0, 0.1) is 13.8 Å². The predicted octanol–water partition coefficient (Wildman–Crippen LogP) is 2.50. The van der Waals surface area contributed by atoms with Crippen LogP contribution in [0.15, 0.2) is 23.4 Å². The first kappa shape index (κ1) is 8.78. The second-order valence-electron chi connectivity index (χ2n) is 3.06. The van der Waals surface area contributed by atoms with Crippen LogP contribution in [0.1, 0.15) is 23.6 Å². The van der Waals surface area contributed by atoms with Gasteiger partial charge in [-0.05, 0) is 26.3 Å². The zero-order valence-corrected chi connectivity index (χ0v) is 7.63. The summed E-state index contributed by atoms with van der Waals surface area (Å²) in [5.74, 6) is 0. The molecule has 0 spiro atoms. The van der Waals surface area contributed by atoms with Gasteiger partial charge in [-0.2, -0.15) is 0 Å². The lowest BCUT2D eigenvalue weighted by molar-refractivity contribution is 0.319. The number of aryl methyl sites for hydroxylation is 2. The van der Waals surface area contributed by atoms with Crippen molar-refractivity contribution < 1.29 is 5.21 Å². The summed E-state index contributed by atoms with van der Waals surface area (Å²) in [5.41, 5.74) is 4.01. The molecule has 0 saturated carbocycles. The van der Waals surface area contributed by atoms with Crippen molar-refractivity contribution in [1.82, 2.24) is 0 Å². The molecule has 2 nitrogen and oxygen atoms in total. The highest BCUT2D eigenvalue weighted by atomic mass is 16.4. The molecule has 12 heavy (non-hydrogen) atoms. The maximum absolute atomic E-state index is 8.56. The first-order chi connectivity index (χ1) is 5.63. The second-order valence-corrected chi connectivity index (χ2v) is 3.06. The summed E-state index contributed by atoms with van der Waals surface area (Å²) in [6.45, 7) is 5.84. The van der Waals surface area contributed by atoms with Crippen LogP contribution < -0.4 is 0 Å². The fourth-order valence-corrected chi connectivity index (χ4v) is 1.24. The highest BCUT2D eigenvalue weighted by Crippen LogP contribution is 2.09. The van der Waals surface area contributed by atoms with Gasteiger partial charge in [0, 0.05) is 0 Å². The molecule has 64 valence electrons. The van der Waals surface area contributed by atoms with Crippen LogP contribution in [0.2, 0.25) is 0 Å². The van der Waals surface area contributed by atoms with Crippen LogP contribution in [-0.2, 0) is 0 Å². The van der Waals surface area contributed by atoms with E-state index < -0.39 is 0 Å². The number of hydrogen-bond donors (Lipinski definition) is 1. The summed E-state index contributed by atoms with van der Waals surface area (Å²) >= 11 is 0. The van der Waals surface area contributed by atoms with Gasteiger partial charge in [-0.1, -0.05) is 34.5 Å². The van der Waals surface area contributed by atoms with E-state index in [0.717, 1.165) is 5.56 Å². The normalized spacial score (nSPS) is 11.8. The maximum Gasteiger partial charge on any atom is 0.0837 e. The molecule has 0 bridgehead atoms.